The van der Waals surface area contributed by atoms with Crippen LogP contribution >= 0.6 is 11.6 Å². The van der Waals surface area contributed by atoms with Crippen LogP contribution in [0.5, 0.6) is 0 Å². The van der Waals surface area contributed by atoms with Crippen LogP contribution in [0.4, 0.5) is 0 Å². The van der Waals surface area contributed by atoms with Gasteiger partial charge in [-0.15, -0.1) is 0 Å². The van der Waals surface area contributed by atoms with E-state index >= 15 is 0 Å². The van der Waals surface area contributed by atoms with Crippen LogP contribution in [0.3, 0.4) is 0 Å². The molecule has 3 heteroatoms. The van der Waals surface area contributed by atoms with Crippen LogP contribution in [0.1, 0.15) is 0 Å². The first-order valence-corrected chi connectivity index (χ1v) is 6.74. The Morgan fingerprint density at radius 2 is 1.60 bits per heavy atom. The van der Waals surface area contributed by atoms with Gasteiger partial charge in [0, 0.05) is 16.0 Å². The van der Waals surface area contributed by atoms with Gasteiger partial charge in [-0.2, -0.15) is 0 Å². The molecule has 0 atom stereocenters. The highest BCUT2D eigenvalue weighted by molar-refractivity contribution is 6.35. The molecule has 0 saturated heterocycles. The molecule has 1 heterocycles. The predicted octanol–water partition coefficient (Wildman–Crippen LogP) is 5.30. The van der Waals surface area contributed by atoms with E-state index in [0.29, 0.717) is 5.89 Å². The van der Waals surface area contributed by atoms with E-state index in [4.69, 9.17) is 16.0 Å². The molecule has 0 radical (unpaired) electrons. The van der Waals surface area contributed by atoms with E-state index in [1.54, 1.807) is 0 Å². The molecular formula is C17H10ClNO. The minimum atomic E-state index is 0.624. The lowest BCUT2D eigenvalue weighted by atomic mass is 10.0. The Hall–Kier alpha value is -2.32. The SMILES string of the molecule is Clc1cccc2c(-c3nc4ccccc4o3)cccc12. The molecule has 0 N–H and O–H groups in total. The maximum Gasteiger partial charge on any atom is 0.227 e. The highest BCUT2D eigenvalue weighted by Crippen LogP contribution is 2.33. The number of fused-ring (bicyclic) bond motifs is 2. The van der Waals surface area contributed by atoms with E-state index in [2.05, 4.69) is 4.98 Å². The topological polar surface area (TPSA) is 26.0 Å². The van der Waals surface area contributed by atoms with Crippen LogP contribution < -0.4 is 0 Å². The Balaban J connectivity index is 2.04. The maximum absolute atomic E-state index is 6.24. The Labute approximate surface area is 120 Å². The van der Waals surface area contributed by atoms with E-state index < -0.39 is 0 Å². The summed E-state index contributed by atoms with van der Waals surface area (Å²) in [6.45, 7) is 0. The third-order valence-electron chi connectivity index (χ3n) is 3.39. The average Bonchev–Trinajstić information content (AvgIpc) is 2.91. The van der Waals surface area contributed by atoms with Crippen LogP contribution in [-0.2, 0) is 0 Å². The highest BCUT2D eigenvalue weighted by Gasteiger charge is 2.11. The number of oxazole rings is 1. The second kappa shape index (κ2) is 4.36. The van der Waals surface area contributed by atoms with Gasteiger partial charge in [-0.1, -0.05) is 48.0 Å². The fourth-order valence-electron chi connectivity index (χ4n) is 2.45. The summed E-state index contributed by atoms with van der Waals surface area (Å²) in [5, 5.41) is 2.79. The van der Waals surface area contributed by atoms with Crippen molar-refractivity contribution in [1.29, 1.82) is 0 Å². The molecule has 0 unspecified atom stereocenters. The fourth-order valence-corrected chi connectivity index (χ4v) is 2.68. The van der Waals surface area contributed by atoms with Gasteiger partial charge in [0.2, 0.25) is 5.89 Å². The number of rotatable bonds is 1. The number of aromatic nitrogens is 1. The van der Waals surface area contributed by atoms with Crippen LogP contribution in [0, 0.1) is 0 Å². The second-order valence-corrected chi connectivity index (χ2v) is 5.03. The Kier molecular flexibility index (Phi) is 2.51. The average molecular weight is 280 g/mol. The standard InChI is InChI=1S/C17H10ClNO/c18-14-8-4-5-11-12(14)6-3-7-13(11)17-19-15-9-1-2-10-16(15)20-17/h1-10H. The quantitative estimate of drug-likeness (QED) is 0.472. The third kappa shape index (κ3) is 1.69. The molecule has 0 aliphatic rings. The predicted molar refractivity (Wildman–Crippen MR) is 82.0 cm³/mol. The Bertz CT molecular complexity index is 893. The van der Waals surface area contributed by atoms with Gasteiger partial charge in [-0.25, -0.2) is 4.98 Å². The molecule has 4 rings (SSSR count). The van der Waals surface area contributed by atoms with E-state index in [1.807, 2.05) is 60.7 Å². The summed E-state index contributed by atoms with van der Waals surface area (Å²) >= 11 is 6.24. The van der Waals surface area contributed by atoms with Gasteiger partial charge in [0.15, 0.2) is 5.58 Å². The van der Waals surface area contributed by atoms with Crippen molar-refractivity contribution in [3.63, 3.8) is 0 Å². The summed E-state index contributed by atoms with van der Waals surface area (Å²) in [4.78, 5) is 4.55. The first kappa shape index (κ1) is 11.5. The van der Waals surface area contributed by atoms with Crippen molar-refractivity contribution in [1.82, 2.24) is 4.98 Å². The van der Waals surface area contributed by atoms with Crippen molar-refractivity contribution >= 4 is 33.5 Å². The van der Waals surface area contributed by atoms with E-state index in [-0.39, 0.29) is 0 Å². The maximum atomic E-state index is 6.24. The van der Waals surface area contributed by atoms with Crippen molar-refractivity contribution in [2.75, 3.05) is 0 Å². The molecule has 0 aliphatic heterocycles. The molecule has 20 heavy (non-hydrogen) atoms. The molecule has 0 fully saturated rings. The van der Waals surface area contributed by atoms with Gasteiger partial charge in [0.05, 0.1) is 0 Å². The molecule has 0 spiro atoms. The Morgan fingerprint density at radius 3 is 2.50 bits per heavy atom. The van der Waals surface area contributed by atoms with Gasteiger partial charge in [0.1, 0.15) is 5.52 Å². The summed E-state index contributed by atoms with van der Waals surface area (Å²) in [6, 6.07) is 19.6. The zero-order valence-electron chi connectivity index (χ0n) is 10.5. The molecule has 0 aliphatic carbocycles. The monoisotopic (exact) mass is 279 g/mol. The normalized spacial score (nSPS) is 11.2. The van der Waals surface area contributed by atoms with E-state index in [0.717, 1.165) is 32.5 Å². The summed E-state index contributed by atoms with van der Waals surface area (Å²) in [6.07, 6.45) is 0. The smallest absolute Gasteiger partial charge is 0.227 e. The lowest BCUT2D eigenvalue weighted by Crippen LogP contribution is -1.81. The number of para-hydroxylation sites is 2. The largest absolute Gasteiger partial charge is 0.436 e. The van der Waals surface area contributed by atoms with Crippen molar-refractivity contribution in [2.24, 2.45) is 0 Å². The summed E-state index contributed by atoms with van der Waals surface area (Å²) in [5.41, 5.74) is 2.62. The van der Waals surface area contributed by atoms with Gasteiger partial charge >= 0.3 is 0 Å². The number of hydrogen-bond donors (Lipinski definition) is 0. The first-order chi connectivity index (χ1) is 9.83. The number of nitrogens with zero attached hydrogens (tertiary/aromatic N) is 1. The molecule has 2 nitrogen and oxygen atoms in total. The number of hydrogen-bond acceptors (Lipinski definition) is 2. The van der Waals surface area contributed by atoms with Crippen molar-refractivity contribution < 1.29 is 4.42 Å². The zero-order chi connectivity index (χ0) is 13.5. The molecule has 0 bridgehead atoms. The lowest BCUT2D eigenvalue weighted by Gasteiger charge is -2.04. The molecule has 3 aromatic carbocycles. The second-order valence-electron chi connectivity index (χ2n) is 4.63. The summed E-state index contributed by atoms with van der Waals surface area (Å²) in [7, 11) is 0. The zero-order valence-corrected chi connectivity index (χ0v) is 11.3. The molecule has 4 aromatic rings. The minimum Gasteiger partial charge on any atom is -0.436 e. The van der Waals surface area contributed by atoms with E-state index in [9.17, 15) is 0 Å². The van der Waals surface area contributed by atoms with Gasteiger partial charge in [0.25, 0.3) is 0 Å². The molecular weight excluding hydrogens is 270 g/mol. The summed E-state index contributed by atoms with van der Waals surface area (Å²) < 4.78 is 5.85. The molecule has 0 amide bonds. The van der Waals surface area contributed by atoms with Crippen LogP contribution in [0.2, 0.25) is 5.02 Å². The van der Waals surface area contributed by atoms with Crippen LogP contribution in [0.15, 0.2) is 65.1 Å². The van der Waals surface area contributed by atoms with Gasteiger partial charge in [-0.3, -0.25) is 0 Å². The highest BCUT2D eigenvalue weighted by atomic mass is 35.5. The third-order valence-corrected chi connectivity index (χ3v) is 3.72. The van der Waals surface area contributed by atoms with Gasteiger partial charge in [-0.05, 0) is 29.7 Å². The number of halogens is 1. The summed E-state index contributed by atoms with van der Waals surface area (Å²) in [5.74, 6) is 0.624. The molecule has 0 saturated carbocycles. The van der Waals surface area contributed by atoms with Crippen molar-refractivity contribution in [3.8, 4) is 11.5 Å². The van der Waals surface area contributed by atoms with Gasteiger partial charge < -0.3 is 4.42 Å². The van der Waals surface area contributed by atoms with Crippen LogP contribution in [-0.4, -0.2) is 4.98 Å². The van der Waals surface area contributed by atoms with Crippen LogP contribution in [0.25, 0.3) is 33.3 Å². The minimum absolute atomic E-state index is 0.624. The Morgan fingerprint density at radius 1 is 0.800 bits per heavy atom. The lowest BCUT2D eigenvalue weighted by molar-refractivity contribution is 0.620. The van der Waals surface area contributed by atoms with E-state index in [1.165, 1.54) is 0 Å². The van der Waals surface area contributed by atoms with Crippen molar-refractivity contribution in [3.05, 3.63) is 65.7 Å². The molecule has 1 aromatic heterocycles. The first-order valence-electron chi connectivity index (χ1n) is 6.36. The molecule has 96 valence electrons. The van der Waals surface area contributed by atoms with Crippen molar-refractivity contribution in [2.45, 2.75) is 0 Å². The number of benzene rings is 3. The fraction of sp³-hybridized carbons (Fsp3) is 0.